The van der Waals surface area contributed by atoms with Gasteiger partial charge in [-0.15, -0.1) is 11.6 Å². The van der Waals surface area contributed by atoms with Gasteiger partial charge in [-0.25, -0.2) is 0 Å². The second-order valence-corrected chi connectivity index (χ2v) is 4.27. The fraction of sp³-hybridized carbons (Fsp3) is 0.583. The monoisotopic (exact) mass is 227 g/mol. The van der Waals surface area contributed by atoms with E-state index in [1.54, 1.807) is 12.4 Å². The third-order valence-corrected chi connectivity index (χ3v) is 2.47. The van der Waals surface area contributed by atoms with Crippen LogP contribution in [0.4, 0.5) is 0 Å². The molecular formula is C12H18ClNO. The fourth-order valence-electron chi connectivity index (χ4n) is 1.33. The first-order valence-corrected chi connectivity index (χ1v) is 5.89. The van der Waals surface area contributed by atoms with Gasteiger partial charge in [-0.2, -0.15) is 0 Å². The molecule has 0 aromatic carbocycles. The summed E-state index contributed by atoms with van der Waals surface area (Å²) in [7, 11) is 0. The molecule has 84 valence electrons. The zero-order valence-electron chi connectivity index (χ0n) is 9.37. The summed E-state index contributed by atoms with van der Waals surface area (Å²) in [6.45, 7) is 5.19. The summed E-state index contributed by atoms with van der Waals surface area (Å²) < 4.78 is 5.65. The topological polar surface area (TPSA) is 22.1 Å². The van der Waals surface area contributed by atoms with E-state index in [1.165, 1.54) is 6.42 Å². The lowest BCUT2D eigenvalue weighted by Gasteiger charge is -2.09. The van der Waals surface area contributed by atoms with Gasteiger partial charge in [0.2, 0.25) is 0 Å². The molecule has 2 nitrogen and oxygen atoms in total. The Labute approximate surface area is 96.6 Å². The molecule has 0 unspecified atom stereocenters. The zero-order valence-corrected chi connectivity index (χ0v) is 10.1. The molecule has 1 rings (SSSR count). The highest BCUT2D eigenvalue weighted by Gasteiger charge is 2.02. The maximum atomic E-state index is 5.78. The Morgan fingerprint density at radius 3 is 2.93 bits per heavy atom. The van der Waals surface area contributed by atoms with Crippen LogP contribution in [0.5, 0.6) is 5.75 Å². The van der Waals surface area contributed by atoms with E-state index in [4.69, 9.17) is 16.3 Å². The van der Waals surface area contributed by atoms with Gasteiger partial charge in [0, 0.05) is 18.0 Å². The van der Waals surface area contributed by atoms with Gasteiger partial charge < -0.3 is 4.74 Å². The molecule has 0 aliphatic carbocycles. The molecule has 0 saturated carbocycles. The normalized spacial score (nSPS) is 10.7. The van der Waals surface area contributed by atoms with Crippen LogP contribution in [0.15, 0.2) is 18.5 Å². The van der Waals surface area contributed by atoms with Crippen molar-refractivity contribution in [3.8, 4) is 5.75 Å². The summed E-state index contributed by atoms with van der Waals surface area (Å²) in [6.07, 6.45) is 5.77. The first kappa shape index (κ1) is 12.3. The Bertz CT molecular complexity index is 289. The van der Waals surface area contributed by atoms with E-state index in [2.05, 4.69) is 18.8 Å². The Kier molecular flexibility index (Phi) is 5.48. The summed E-state index contributed by atoms with van der Waals surface area (Å²) in [5, 5.41) is 0. The van der Waals surface area contributed by atoms with Gasteiger partial charge in [0.15, 0.2) is 0 Å². The van der Waals surface area contributed by atoms with Crippen molar-refractivity contribution in [3.05, 3.63) is 24.0 Å². The van der Waals surface area contributed by atoms with Gasteiger partial charge in [-0.1, -0.05) is 13.8 Å². The van der Waals surface area contributed by atoms with Gasteiger partial charge in [0.05, 0.1) is 12.5 Å². The molecule has 0 N–H and O–H groups in total. The molecule has 0 bridgehead atoms. The standard InChI is InChI=1S/C12H18ClNO/c1-10(2)4-3-7-15-12-5-6-14-9-11(12)8-13/h5-6,9-10H,3-4,7-8H2,1-2H3. The van der Waals surface area contributed by atoms with Crippen molar-refractivity contribution < 1.29 is 4.74 Å². The number of hydrogen-bond acceptors (Lipinski definition) is 2. The fourth-order valence-corrected chi connectivity index (χ4v) is 1.53. The molecule has 0 amide bonds. The molecule has 0 spiro atoms. The molecule has 0 aliphatic heterocycles. The molecule has 1 heterocycles. The molecule has 0 atom stereocenters. The van der Waals surface area contributed by atoms with Gasteiger partial charge >= 0.3 is 0 Å². The smallest absolute Gasteiger partial charge is 0.126 e. The molecule has 0 saturated heterocycles. The first-order valence-electron chi connectivity index (χ1n) is 5.35. The van der Waals surface area contributed by atoms with Gasteiger partial charge in [-0.05, 0) is 24.8 Å². The number of ether oxygens (including phenoxy) is 1. The molecule has 3 heteroatoms. The van der Waals surface area contributed by atoms with E-state index in [0.29, 0.717) is 5.88 Å². The van der Waals surface area contributed by atoms with Crippen molar-refractivity contribution in [1.82, 2.24) is 4.98 Å². The molecule has 1 aromatic rings. The van der Waals surface area contributed by atoms with Crippen LogP contribution in [-0.4, -0.2) is 11.6 Å². The molecule has 0 aliphatic rings. The number of rotatable bonds is 6. The maximum absolute atomic E-state index is 5.78. The summed E-state index contributed by atoms with van der Waals surface area (Å²) in [4.78, 5) is 4.01. The van der Waals surface area contributed by atoms with E-state index in [0.717, 1.165) is 30.3 Å². The first-order chi connectivity index (χ1) is 7.24. The van der Waals surface area contributed by atoms with Crippen LogP contribution < -0.4 is 4.74 Å². The van der Waals surface area contributed by atoms with Crippen LogP contribution in [0, 0.1) is 5.92 Å². The molecule has 0 fully saturated rings. The van der Waals surface area contributed by atoms with Crippen molar-refractivity contribution >= 4 is 11.6 Å². The van der Waals surface area contributed by atoms with Crippen molar-refractivity contribution in [2.45, 2.75) is 32.6 Å². The highest BCUT2D eigenvalue weighted by Crippen LogP contribution is 2.18. The summed E-state index contributed by atoms with van der Waals surface area (Å²) in [5.74, 6) is 2.05. The number of pyridine rings is 1. The molecule has 0 radical (unpaired) electrons. The average Bonchev–Trinajstić information content (AvgIpc) is 2.24. The lowest BCUT2D eigenvalue weighted by molar-refractivity contribution is 0.295. The highest BCUT2D eigenvalue weighted by molar-refractivity contribution is 6.17. The quantitative estimate of drug-likeness (QED) is 0.547. The Morgan fingerprint density at radius 1 is 1.47 bits per heavy atom. The van der Waals surface area contributed by atoms with Crippen LogP contribution >= 0.6 is 11.6 Å². The lowest BCUT2D eigenvalue weighted by atomic mass is 10.1. The number of nitrogens with zero attached hydrogens (tertiary/aromatic N) is 1. The number of aromatic nitrogens is 1. The highest BCUT2D eigenvalue weighted by atomic mass is 35.5. The summed E-state index contributed by atoms with van der Waals surface area (Å²) in [5.41, 5.74) is 0.962. The van der Waals surface area contributed by atoms with E-state index >= 15 is 0 Å². The van der Waals surface area contributed by atoms with Crippen LogP contribution in [-0.2, 0) is 5.88 Å². The predicted octanol–water partition coefficient (Wildman–Crippen LogP) is 3.64. The Hall–Kier alpha value is -0.760. The van der Waals surface area contributed by atoms with Crippen LogP contribution in [0.25, 0.3) is 0 Å². The lowest BCUT2D eigenvalue weighted by Crippen LogP contribution is -2.01. The Balaban J connectivity index is 2.36. The molecule has 1 aromatic heterocycles. The SMILES string of the molecule is CC(C)CCCOc1ccncc1CCl. The van der Waals surface area contributed by atoms with Crippen LogP contribution in [0.2, 0.25) is 0 Å². The number of hydrogen-bond donors (Lipinski definition) is 0. The van der Waals surface area contributed by atoms with E-state index < -0.39 is 0 Å². The van der Waals surface area contributed by atoms with Crippen molar-refractivity contribution in [2.24, 2.45) is 5.92 Å². The average molecular weight is 228 g/mol. The third kappa shape index (κ3) is 4.52. The second-order valence-electron chi connectivity index (χ2n) is 4.00. The molecule has 15 heavy (non-hydrogen) atoms. The Morgan fingerprint density at radius 2 is 2.27 bits per heavy atom. The minimum atomic E-state index is 0.452. The number of halogens is 1. The van der Waals surface area contributed by atoms with Gasteiger partial charge in [0.1, 0.15) is 5.75 Å². The third-order valence-electron chi connectivity index (χ3n) is 2.19. The summed E-state index contributed by atoms with van der Waals surface area (Å²) in [6, 6.07) is 1.87. The van der Waals surface area contributed by atoms with E-state index in [9.17, 15) is 0 Å². The summed E-state index contributed by atoms with van der Waals surface area (Å²) >= 11 is 5.78. The van der Waals surface area contributed by atoms with E-state index in [-0.39, 0.29) is 0 Å². The van der Waals surface area contributed by atoms with E-state index in [1.807, 2.05) is 6.07 Å². The number of alkyl halides is 1. The second kappa shape index (κ2) is 6.67. The van der Waals surface area contributed by atoms with Crippen molar-refractivity contribution in [1.29, 1.82) is 0 Å². The molecular weight excluding hydrogens is 210 g/mol. The minimum Gasteiger partial charge on any atom is -0.493 e. The van der Waals surface area contributed by atoms with Gasteiger partial charge in [-0.3, -0.25) is 4.98 Å². The largest absolute Gasteiger partial charge is 0.493 e. The predicted molar refractivity (Wildman–Crippen MR) is 63.4 cm³/mol. The minimum absolute atomic E-state index is 0.452. The van der Waals surface area contributed by atoms with Crippen LogP contribution in [0.3, 0.4) is 0 Å². The van der Waals surface area contributed by atoms with Crippen molar-refractivity contribution in [3.63, 3.8) is 0 Å². The van der Waals surface area contributed by atoms with Crippen molar-refractivity contribution in [2.75, 3.05) is 6.61 Å². The zero-order chi connectivity index (χ0) is 11.1. The van der Waals surface area contributed by atoms with Gasteiger partial charge in [0.25, 0.3) is 0 Å². The van der Waals surface area contributed by atoms with Crippen LogP contribution in [0.1, 0.15) is 32.3 Å². The maximum Gasteiger partial charge on any atom is 0.126 e.